The normalized spacial score (nSPS) is 27.6. The van der Waals surface area contributed by atoms with E-state index in [2.05, 4.69) is 5.32 Å². The van der Waals surface area contributed by atoms with Crippen LogP contribution in [0, 0.1) is 17.2 Å². The van der Waals surface area contributed by atoms with E-state index in [9.17, 15) is 40.4 Å². The zero-order chi connectivity index (χ0) is 25.1. The van der Waals surface area contributed by atoms with Gasteiger partial charge in [-0.1, -0.05) is 0 Å². The van der Waals surface area contributed by atoms with Crippen LogP contribution in [0.2, 0.25) is 0 Å². The number of ether oxygens (including phenoxy) is 1. The molecule has 0 unspecified atom stereocenters. The molecule has 1 heterocycles. The molecule has 2 aliphatic carbocycles. The van der Waals surface area contributed by atoms with Crippen LogP contribution < -0.4 is 10.2 Å². The molecule has 0 spiro atoms. The standard InChI is InChI=1S/C21H22F5N3O4S/c1-33-16-8-13(7-14(16)18(30)28-19(9-27)4-5-19)34(31,32)17-3-2-12(6-15(17)21(24,25)26)29-10-20(22,23)11-29/h2-3,6,13-14,16H,4-5,7-8,10-11H2,1H3,(H,28,30)/t13-,14-,16-/m0/s1. The first-order valence-electron chi connectivity index (χ1n) is 10.6. The molecule has 1 aliphatic heterocycles. The van der Waals surface area contributed by atoms with Gasteiger partial charge in [0, 0.05) is 12.8 Å². The Balaban J connectivity index is 1.61. The molecule has 0 aromatic heterocycles. The summed E-state index contributed by atoms with van der Waals surface area (Å²) in [7, 11) is -3.29. The van der Waals surface area contributed by atoms with Gasteiger partial charge in [0.15, 0.2) is 9.84 Å². The van der Waals surface area contributed by atoms with Crippen molar-refractivity contribution in [2.24, 2.45) is 5.92 Å². The summed E-state index contributed by atoms with van der Waals surface area (Å²) in [5.41, 5.74) is -2.58. The molecular formula is C21H22F5N3O4S. The SMILES string of the molecule is CO[C@H]1C[C@@H](S(=O)(=O)c2ccc(N3CC(F)(F)C3)cc2C(F)(F)F)C[C@@H]1C(=O)NC1(C#N)CC1. The molecule has 0 bridgehead atoms. The van der Waals surface area contributed by atoms with Crippen molar-refractivity contribution < 1.29 is 39.9 Å². The third-order valence-corrected chi connectivity index (χ3v) is 8.88. The van der Waals surface area contributed by atoms with Crippen molar-refractivity contribution in [1.29, 1.82) is 5.26 Å². The van der Waals surface area contributed by atoms with Gasteiger partial charge in [-0.2, -0.15) is 18.4 Å². The molecular weight excluding hydrogens is 485 g/mol. The summed E-state index contributed by atoms with van der Waals surface area (Å²) in [6.45, 7) is -1.51. The molecule has 1 aromatic rings. The molecule has 7 nitrogen and oxygen atoms in total. The van der Waals surface area contributed by atoms with Gasteiger partial charge in [-0.25, -0.2) is 17.2 Å². The molecule has 1 N–H and O–H groups in total. The van der Waals surface area contributed by atoms with Gasteiger partial charge in [0.05, 0.1) is 46.9 Å². The third kappa shape index (κ3) is 4.45. The minimum Gasteiger partial charge on any atom is -0.381 e. The lowest BCUT2D eigenvalue weighted by Crippen LogP contribution is -2.56. The summed E-state index contributed by atoms with van der Waals surface area (Å²) in [6.07, 6.45) is -5.45. The van der Waals surface area contributed by atoms with E-state index in [0.29, 0.717) is 18.9 Å². The van der Waals surface area contributed by atoms with Gasteiger partial charge >= 0.3 is 6.18 Å². The number of methoxy groups -OCH3 is 1. The van der Waals surface area contributed by atoms with E-state index < -0.39 is 74.2 Å². The lowest BCUT2D eigenvalue weighted by molar-refractivity contribution is -0.139. The fraction of sp³-hybridized carbons (Fsp3) is 0.619. The highest BCUT2D eigenvalue weighted by Crippen LogP contribution is 2.43. The van der Waals surface area contributed by atoms with Crippen LogP contribution in [0.1, 0.15) is 31.2 Å². The fourth-order valence-electron chi connectivity index (χ4n) is 4.52. The van der Waals surface area contributed by atoms with E-state index in [1.54, 1.807) is 0 Å². The number of alkyl halides is 5. The average Bonchev–Trinajstić information content (AvgIpc) is 3.36. The minimum atomic E-state index is -5.05. The zero-order valence-electron chi connectivity index (χ0n) is 18.0. The van der Waals surface area contributed by atoms with Gasteiger partial charge in [-0.15, -0.1) is 0 Å². The minimum absolute atomic E-state index is 0.151. The van der Waals surface area contributed by atoms with Crippen molar-refractivity contribution in [3.8, 4) is 6.07 Å². The van der Waals surface area contributed by atoms with Crippen LogP contribution in [0.5, 0.6) is 0 Å². The van der Waals surface area contributed by atoms with Crippen LogP contribution in [-0.2, 0) is 25.5 Å². The van der Waals surface area contributed by atoms with Gasteiger partial charge in [-0.3, -0.25) is 4.79 Å². The first kappa shape index (κ1) is 24.7. The maximum atomic E-state index is 13.8. The van der Waals surface area contributed by atoms with Gasteiger partial charge < -0.3 is 15.0 Å². The van der Waals surface area contributed by atoms with E-state index in [-0.39, 0.29) is 18.5 Å². The first-order chi connectivity index (χ1) is 15.7. The molecule has 13 heteroatoms. The Morgan fingerprint density at radius 3 is 2.38 bits per heavy atom. The Hall–Kier alpha value is -2.46. The third-order valence-electron chi connectivity index (χ3n) is 6.65. The summed E-state index contributed by atoms with van der Waals surface area (Å²) >= 11 is 0. The number of halogens is 5. The van der Waals surface area contributed by atoms with Crippen LogP contribution in [0.3, 0.4) is 0 Å². The van der Waals surface area contributed by atoms with Crippen molar-refractivity contribution in [3.63, 3.8) is 0 Å². The van der Waals surface area contributed by atoms with Gasteiger partial charge in [-0.05, 0) is 43.9 Å². The first-order valence-corrected chi connectivity index (χ1v) is 12.1. The highest BCUT2D eigenvalue weighted by atomic mass is 32.2. The number of nitrogens with one attached hydrogen (secondary N) is 1. The average molecular weight is 507 g/mol. The molecule has 3 fully saturated rings. The summed E-state index contributed by atoms with van der Waals surface area (Å²) in [6, 6.07) is 4.42. The predicted molar refractivity (Wildman–Crippen MR) is 109 cm³/mol. The van der Waals surface area contributed by atoms with E-state index >= 15 is 0 Å². The molecule has 1 saturated heterocycles. The number of amides is 1. The number of anilines is 1. The number of carbonyl (C=O) groups is 1. The van der Waals surface area contributed by atoms with Gasteiger partial charge in [0.1, 0.15) is 5.54 Å². The second-order valence-electron chi connectivity index (χ2n) is 9.09. The molecule has 186 valence electrons. The van der Waals surface area contributed by atoms with E-state index in [1.165, 1.54) is 7.11 Å². The molecule has 1 aromatic carbocycles. The topological polar surface area (TPSA) is 99.5 Å². The van der Waals surface area contributed by atoms with E-state index in [4.69, 9.17) is 4.74 Å². The van der Waals surface area contributed by atoms with Crippen molar-refractivity contribution in [3.05, 3.63) is 23.8 Å². The highest BCUT2D eigenvalue weighted by Gasteiger charge is 2.51. The molecule has 1 amide bonds. The van der Waals surface area contributed by atoms with Crippen LogP contribution >= 0.6 is 0 Å². The number of rotatable bonds is 6. The molecule has 34 heavy (non-hydrogen) atoms. The summed E-state index contributed by atoms with van der Waals surface area (Å²) < 4.78 is 99.6. The number of benzene rings is 1. The number of hydrogen-bond acceptors (Lipinski definition) is 6. The van der Waals surface area contributed by atoms with Crippen molar-refractivity contribution >= 4 is 21.4 Å². The summed E-state index contributed by atoms with van der Waals surface area (Å²) in [4.78, 5) is 12.8. The number of nitrogens with zero attached hydrogens (tertiary/aromatic N) is 2. The van der Waals surface area contributed by atoms with E-state index in [0.717, 1.165) is 17.0 Å². The maximum absolute atomic E-state index is 13.8. The molecule has 0 radical (unpaired) electrons. The smallest absolute Gasteiger partial charge is 0.381 e. The Labute approximate surface area is 192 Å². The molecule has 3 atom stereocenters. The van der Waals surface area contributed by atoms with Crippen LogP contribution in [0.15, 0.2) is 23.1 Å². The Morgan fingerprint density at radius 2 is 1.88 bits per heavy atom. The van der Waals surface area contributed by atoms with Crippen molar-refractivity contribution in [1.82, 2.24) is 5.32 Å². The molecule has 4 rings (SSSR count). The number of carbonyl (C=O) groups excluding carboxylic acids is 1. The Morgan fingerprint density at radius 1 is 1.24 bits per heavy atom. The van der Waals surface area contributed by atoms with Crippen LogP contribution in [0.4, 0.5) is 27.6 Å². The van der Waals surface area contributed by atoms with Gasteiger partial charge in [0.2, 0.25) is 5.91 Å². The number of nitriles is 1. The van der Waals surface area contributed by atoms with Crippen molar-refractivity contribution in [2.45, 2.75) is 59.6 Å². The Bertz CT molecular complexity index is 1140. The van der Waals surface area contributed by atoms with E-state index in [1.807, 2.05) is 6.07 Å². The predicted octanol–water partition coefficient (Wildman–Crippen LogP) is 2.90. The zero-order valence-corrected chi connectivity index (χ0v) is 18.8. The number of sulfone groups is 1. The highest BCUT2D eigenvalue weighted by molar-refractivity contribution is 7.92. The lowest BCUT2D eigenvalue weighted by Gasteiger charge is -2.40. The van der Waals surface area contributed by atoms with Gasteiger partial charge in [0.25, 0.3) is 5.92 Å². The summed E-state index contributed by atoms with van der Waals surface area (Å²) in [5.74, 6) is -4.54. The van der Waals surface area contributed by atoms with Crippen molar-refractivity contribution in [2.75, 3.05) is 25.1 Å². The Kier molecular flexibility index (Phi) is 5.84. The van der Waals surface area contributed by atoms with Crippen LogP contribution in [0.25, 0.3) is 0 Å². The lowest BCUT2D eigenvalue weighted by atomic mass is 10.0. The molecule has 3 aliphatic rings. The fourth-order valence-corrected chi connectivity index (χ4v) is 6.52. The summed E-state index contributed by atoms with van der Waals surface area (Å²) in [5, 5.41) is 10.4. The van der Waals surface area contributed by atoms with Crippen LogP contribution in [-0.4, -0.2) is 57.3 Å². The molecule has 2 saturated carbocycles. The second kappa shape index (κ2) is 8.05. The maximum Gasteiger partial charge on any atom is 0.417 e. The largest absolute Gasteiger partial charge is 0.417 e. The number of hydrogen-bond donors (Lipinski definition) is 1. The quantitative estimate of drug-likeness (QED) is 0.595. The monoisotopic (exact) mass is 507 g/mol. The second-order valence-corrected chi connectivity index (χ2v) is 11.3.